The van der Waals surface area contributed by atoms with E-state index in [1.165, 1.54) is 11.1 Å². The third-order valence-electron chi connectivity index (χ3n) is 3.94. The Morgan fingerprint density at radius 3 is 2.68 bits per heavy atom. The molecule has 0 radical (unpaired) electrons. The Morgan fingerprint density at radius 2 is 1.92 bits per heavy atom. The molecule has 1 heterocycles. The van der Waals surface area contributed by atoms with Crippen LogP contribution in [0.15, 0.2) is 36.4 Å². The van der Waals surface area contributed by atoms with Gasteiger partial charge in [-0.25, -0.2) is 0 Å². The van der Waals surface area contributed by atoms with Crippen LogP contribution in [0.2, 0.25) is 10.0 Å². The van der Waals surface area contributed by atoms with Gasteiger partial charge in [0.15, 0.2) is 6.10 Å². The maximum Gasteiger partial charge on any atom is 0.261 e. The van der Waals surface area contributed by atoms with E-state index >= 15 is 0 Å². The van der Waals surface area contributed by atoms with Crippen LogP contribution >= 0.6 is 35.6 Å². The van der Waals surface area contributed by atoms with Crippen LogP contribution in [-0.4, -0.2) is 12.0 Å². The van der Waals surface area contributed by atoms with Gasteiger partial charge in [0.2, 0.25) is 0 Å². The molecule has 1 aliphatic rings. The zero-order valence-corrected chi connectivity index (χ0v) is 16.0. The summed E-state index contributed by atoms with van der Waals surface area (Å²) in [5, 5.41) is 7.05. The van der Waals surface area contributed by atoms with E-state index in [1.807, 2.05) is 6.07 Å². The van der Waals surface area contributed by atoms with E-state index in [-0.39, 0.29) is 18.3 Å². The number of amides is 1. The van der Waals surface area contributed by atoms with Crippen LogP contribution in [-0.2, 0) is 24.4 Å². The standard InChI is InChI=1S/C18H18Cl2N2O2.ClH/c1-11(24-15-4-5-16(19)17(20)7-15)18(23)22-8-12-2-3-13-9-21-10-14(13)6-12;/h2-7,11,21H,8-10H2,1H3,(H,22,23);1H. The van der Waals surface area contributed by atoms with Gasteiger partial charge >= 0.3 is 0 Å². The van der Waals surface area contributed by atoms with Gasteiger partial charge in [0.1, 0.15) is 5.75 Å². The van der Waals surface area contributed by atoms with Crippen molar-refractivity contribution < 1.29 is 9.53 Å². The van der Waals surface area contributed by atoms with E-state index in [2.05, 4.69) is 22.8 Å². The van der Waals surface area contributed by atoms with Gasteiger partial charge in [-0.3, -0.25) is 4.79 Å². The van der Waals surface area contributed by atoms with Gasteiger partial charge < -0.3 is 15.4 Å². The van der Waals surface area contributed by atoms with Crippen LogP contribution in [0.25, 0.3) is 0 Å². The summed E-state index contributed by atoms with van der Waals surface area (Å²) in [6.45, 7) is 3.97. The summed E-state index contributed by atoms with van der Waals surface area (Å²) in [5.74, 6) is 0.329. The Bertz CT molecular complexity index is 768. The molecule has 0 saturated carbocycles. The van der Waals surface area contributed by atoms with Crippen molar-refractivity contribution in [3.63, 3.8) is 0 Å². The lowest BCUT2D eigenvalue weighted by atomic mass is 10.1. The Labute approximate surface area is 163 Å². The van der Waals surface area contributed by atoms with Crippen LogP contribution in [0.5, 0.6) is 5.75 Å². The number of rotatable bonds is 5. The van der Waals surface area contributed by atoms with Gasteiger partial charge in [-0.2, -0.15) is 0 Å². The molecular formula is C18H19Cl3N2O2. The molecule has 0 aromatic heterocycles. The molecule has 0 saturated heterocycles. The van der Waals surface area contributed by atoms with Gasteiger partial charge in [0.25, 0.3) is 5.91 Å². The normalized spacial score (nSPS) is 13.6. The molecule has 1 aliphatic heterocycles. The molecule has 0 fully saturated rings. The van der Waals surface area contributed by atoms with Gasteiger partial charge in [-0.05, 0) is 35.7 Å². The molecule has 2 aromatic rings. The monoisotopic (exact) mass is 400 g/mol. The molecule has 2 N–H and O–H groups in total. The number of nitrogens with one attached hydrogen (secondary N) is 2. The highest BCUT2D eigenvalue weighted by Gasteiger charge is 2.16. The Balaban J connectivity index is 0.00000225. The van der Waals surface area contributed by atoms with E-state index in [0.29, 0.717) is 22.3 Å². The van der Waals surface area contributed by atoms with Crippen molar-refractivity contribution in [2.45, 2.75) is 32.7 Å². The predicted octanol–water partition coefficient (Wildman–Crippen LogP) is 4.10. The van der Waals surface area contributed by atoms with Crippen LogP contribution in [0.4, 0.5) is 0 Å². The zero-order valence-electron chi connectivity index (χ0n) is 13.6. The Hall–Kier alpha value is -1.46. The number of hydrogen-bond donors (Lipinski definition) is 2. The first-order valence-electron chi connectivity index (χ1n) is 7.74. The van der Waals surface area contributed by atoms with E-state index in [0.717, 1.165) is 18.7 Å². The number of benzene rings is 2. The molecule has 7 heteroatoms. The minimum atomic E-state index is -0.627. The van der Waals surface area contributed by atoms with Crippen LogP contribution < -0.4 is 15.4 Å². The first kappa shape index (κ1) is 19.9. The quantitative estimate of drug-likeness (QED) is 0.793. The summed E-state index contributed by atoms with van der Waals surface area (Å²) in [6.07, 6.45) is -0.627. The van der Waals surface area contributed by atoms with Gasteiger partial charge in [-0.15, -0.1) is 12.4 Å². The van der Waals surface area contributed by atoms with Crippen LogP contribution in [0, 0.1) is 0 Å². The van der Waals surface area contributed by atoms with E-state index < -0.39 is 6.10 Å². The number of carbonyl (C=O) groups is 1. The molecule has 4 nitrogen and oxygen atoms in total. The highest BCUT2D eigenvalue weighted by molar-refractivity contribution is 6.42. The second-order valence-electron chi connectivity index (χ2n) is 5.76. The number of hydrogen-bond acceptors (Lipinski definition) is 3. The lowest BCUT2D eigenvalue weighted by molar-refractivity contribution is -0.127. The summed E-state index contributed by atoms with van der Waals surface area (Å²) in [6, 6.07) is 11.2. The largest absolute Gasteiger partial charge is 0.481 e. The van der Waals surface area contributed by atoms with Gasteiger partial charge in [0, 0.05) is 25.7 Å². The maximum absolute atomic E-state index is 12.2. The summed E-state index contributed by atoms with van der Waals surface area (Å²) in [4.78, 5) is 12.2. The summed E-state index contributed by atoms with van der Waals surface area (Å²) in [5.41, 5.74) is 3.69. The first-order chi connectivity index (χ1) is 11.5. The maximum atomic E-state index is 12.2. The molecule has 1 unspecified atom stereocenters. The average Bonchev–Trinajstić information content (AvgIpc) is 3.03. The van der Waals surface area contributed by atoms with E-state index in [1.54, 1.807) is 25.1 Å². The average molecular weight is 402 g/mol. The fourth-order valence-corrected chi connectivity index (χ4v) is 2.89. The van der Waals surface area contributed by atoms with Crippen molar-refractivity contribution in [1.82, 2.24) is 10.6 Å². The first-order valence-corrected chi connectivity index (χ1v) is 8.49. The number of halogens is 3. The second kappa shape index (κ2) is 8.77. The van der Waals surface area contributed by atoms with Crippen LogP contribution in [0.1, 0.15) is 23.6 Å². The lowest BCUT2D eigenvalue weighted by Gasteiger charge is -2.15. The van der Waals surface area contributed by atoms with Crippen molar-refractivity contribution in [3.05, 3.63) is 63.1 Å². The number of ether oxygens (including phenoxy) is 1. The number of carbonyl (C=O) groups excluding carboxylic acids is 1. The molecule has 0 aliphatic carbocycles. The second-order valence-corrected chi connectivity index (χ2v) is 6.57. The molecular weight excluding hydrogens is 383 g/mol. The van der Waals surface area contributed by atoms with E-state index in [4.69, 9.17) is 27.9 Å². The topological polar surface area (TPSA) is 50.4 Å². The molecule has 0 spiro atoms. The van der Waals surface area contributed by atoms with Crippen molar-refractivity contribution in [2.24, 2.45) is 0 Å². The fraction of sp³-hybridized carbons (Fsp3) is 0.278. The van der Waals surface area contributed by atoms with Crippen molar-refractivity contribution >= 4 is 41.5 Å². The summed E-state index contributed by atoms with van der Waals surface area (Å²) < 4.78 is 5.61. The number of fused-ring (bicyclic) bond motifs is 1. The molecule has 134 valence electrons. The van der Waals surface area contributed by atoms with Gasteiger partial charge in [0.05, 0.1) is 10.0 Å². The smallest absolute Gasteiger partial charge is 0.261 e. The van der Waals surface area contributed by atoms with Gasteiger partial charge in [-0.1, -0.05) is 41.4 Å². The SMILES string of the molecule is CC(Oc1ccc(Cl)c(Cl)c1)C(=O)NCc1ccc2c(c1)CNC2.Cl. The Morgan fingerprint density at radius 1 is 1.16 bits per heavy atom. The minimum absolute atomic E-state index is 0. The predicted molar refractivity (Wildman–Crippen MR) is 103 cm³/mol. The molecule has 0 bridgehead atoms. The molecule has 1 atom stereocenters. The summed E-state index contributed by atoms with van der Waals surface area (Å²) in [7, 11) is 0. The van der Waals surface area contributed by atoms with Crippen molar-refractivity contribution in [2.75, 3.05) is 0 Å². The van der Waals surface area contributed by atoms with Crippen molar-refractivity contribution in [3.8, 4) is 5.75 Å². The third-order valence-corrected chi connectivity index (χ3v) is 4.68. The molecule has 25 heavy (non-hydrogen) atoms. The fourth-order valence-electron chi connectivity index (χ4n) is 2.60. The lowest BCUT2D eigenvalue weighted by Crippen LogP contribution is -2.35. The zero-order chi connectivity index (χ0) is 17.1. The highest BCUT2D eigenvalue weighted by Crippen LogP contribution is 2.26. The molecule has 3 rings (SSSR count). The van der Waals surface area contributed by atoms with Crippen LogP contribution in [0.3, 0.4) is 0 Å². The highest BCUT2D eigenvalue weighted by atomic mass is 35.5. The summed E-state index contributed by atoms with van der Waals surface area (Å²) >= 11 is 11.8. The third kappa shape index (κ3) is 5.02. The Kier molecular flexibility index (Phi) is 6.96. The molecule has 1 amide bonds. The van der Waals surface area contributed by atoms with Crippen molar-refractivity contribution in [1.29, 1.82) is 0 Å². The minimum Gasteiger partial charge on any atom is -0.481 e. The van der Waals surface area contributed by atoms with E-state index in [9.17, 15) is 4.79 Å². The molecule has 2 aromatic carbocycles.